The smallest absolute Gasteiger partial charge is 0.314 e. The van der Waals surface area contributed by atoms with Crippen LogP contribution in [0.4, 0.5) is 5.69 Å². The summed E-state index contributed by atoms with van der Waals surface area (Å²) in [4.78, 5) is 14.3. The minimum absolute atomic E-state index is 0.509. The fraction of sp³-hybridized carbons (Fsp3) is 0.273. The highest BCUT2D eigenvalue weighted by Gasteiger charge is 2.51. The highest BCUT2D eigenvalue weighted by Crippen LogP contribution is 2.48. The van der Waals surface area contributed by atoms with Crippen molar-refractivity contribution in [3.8, 4) is 0 Å². The van der Waals surface area contributed by atoms with Crippen LogP contribution >= 0.6 is 0 Å². The largest absolute Gasteiger partial charge is 0.481 e. The van der Waals surface area contributed by atoms with Crippen molar-refractivity contribution < 1.29 is 9.90 Å². The number of benzene rings is 1. The van der Waals surface area contributed by atoms with Gasteiger partial charge >= 0.3 is 5.97 Å². The number of carboxylic acids is 1. The number of carbonyl (C=O) groups is 1. The molecule has 0 radical (unpaired) electrons. The molecule has 1 aromatic carbocycles. The predicted octanol–water partition coefficient (Wildman–Crippen LogP) is 2.35. The Kier molecular flexibility index (Phi) is 1.78. The van der Waals surface area contributed by atoms with Crippen LogP contribution in [0.1, 0.15) is 18.4 Å². The summed E-state index contributed by atoms with van der Waals surface area (Å²) in [5.41, 5.74) is 0.578. The van der Waals surface area contributed by atoms with Crippen molar-refractivity contribution in [2.24, 2.45) is 0 Å². The summed E-state index contributed by atoms with van der Waals surface area (Å²) >= 11 is 0. The molecule has 1 fully saturated rings. The highest BCUT2D eigenvalue weighted by atomic mass is 16.4. The molecule has 1 aliphatic carbocycles. The predicted molar refractivity (Wildman–Crippen MR) is 51.3 cm³/mol. The van der Waals surface area contributed by atoms with Crippen LogP contribution < -0.4 is 0 Å². The molecule has 1 saturated carbocycles. The maximum atomic E-state index is 11.0. The van der Waals surface area contributed by atoms with Gasteiger partial charge in [-0.25, -0.2) is 4.85 Å². The van der Waals surface area contributed by atoms with Crippen LogP contribution in [-0.4, -0.2) is 11.1 Å². The molecule has 0 saturated heterocycles. The molecule has 3 nitrogen and oxygen atoms in total. The molecule has 0 heterocycles. The Balaban J connectivity index is 2.43. The summed E-state index contributed by atoms with van der Waals surface area (Å²) in [6, 6.07) is 6.89. The van der Waals surface area contributed by atoms with Gasteiger partial charge in [-0.3, -0.25) is 4.79 Å². The topological polar surface area (TPSA) is 41.7 Å². The molecular formula is C11H9NO2. The molecule has 0 unspecified atom stereocenters. The second-order valence-corrected chi connectivity index (χ2v) is 3.55. The molecule has 0 aromatic heterocycles. The Hall–Kier alpha value is -1.82. The lowest BCUT2D eigenvalue weighted by atomic mass is 9.96. The molecule has 0 atom stereocenters. The second-order valence-electron chi connectivity index (χ2n) is 3.55. The van der Waals surface area contributed by atoms with E-state index in [1.807, 2.05) is 0 Å². The average Bonchev–Trinajstić information content (AvgIpc) is 2.98. The summed E-state index contributed by atoms with van der Waals surface area (Å²) in [7, 11) is 0. The summed E-state index contributed by atoms with van der Waals surface area (Å²) < 4.78 is 0. The van der Waals surface area contributed by atoms with Gasteiger partial charge in [0.15, 0.2) is 5.69 Å². The van der Waals surface area contributed by atoms with Crippen LogP contribution in [0.2, 0.25) is 0 Å². The molecule has 14 heavy (non-hydrogen) atoms. The lowest BCUT2D eigenvalue weighted by Gasteiger charge is -2.09. The van der Waals surface area contributed by atoms with Gasteiger partial charge in [0.25, 0.3) is 0 Å². The number of rotatable bonds is 2. The molecule has 2 rings (SSSR count). The van der Waals surface area contributed by atoms with Gasteiger partial charge in [-0.05, 0) is 18.4 Å². The number of nitrogens with zero attached hydrogens (tertiary/aromatic N) is 1. The monoisotopic (exact) mass is 187 g/mol. The van der Waals surface area contributed by atoms with Gasteiger partial charge < -0.3 is 5.11 Å². The third-order valence-electron chi connectivity index (χ3n) is 2.69. The highest BCUT2D eigenvalue weighted by molar-refractivity contribution is 5.85. The first-order valence-electron chi connectivity index (χ1n) is 4.40. The van der Waals surface area contributed by atoms with Crippen LogP contribution in [0.15, 0.2) is 24.3 Å². The Morgan fingerprint density at radius 3 is 2.71 bits per heavy atom. The van der Waals surface area contributed by atoms with E-state index in [2.05, 4.69) is 4.85 Å². The van der Waals surface area contributed by atoms with E-state index in [0.717, 1.165) is 5.56 Å². The number of hydrogen-bond donors (Lipinski definition) is 1. The van der Waals surface area contributed by atoms with Gasteiger partial charge in [0.2, 0.25) is 0 Å². The maximum Gasteiger partial charge on any atom is 0.314 e. The lowest BCUT2D eigenvalue weighted by molar-refractivity contribution is -0.140. The van der Waals surface area contributed by atoms with Crippen LogP contribution in [0.3, 0.4) is 0 Å². The fourth-order valence-electron chi connectivity index (χ4n) is 1.62. The van der Waals surface area contributed by atoms with E-state index in [9.17, 15) is 4.79 Å². The molecule has 0 aliphatic heterocycles. The van der Waals surface area contributed by atoms with E-state index in [4.69, 9.17) is 11.7 Å². The summed E-state index contributed by atoms with van der Waals surface area (Å²) in [6.07, 6.45) is 1.37. The molecular weight excluding hydrogens is 178 g/mol. The number of aliphatic carboxylic acids is 1. The normalized spacial score (nSPS) is 17.1. The first kappa shape index (κ1) is 8.76. The zero-order valence-electron chi connectivity index (χ0n) is 7.53. The minimum atomic E-state index is -0.778. The van der Waals surface area contributed by atoms with Crippen molar-refractivity contribution in [3.63, 3.8) is 0 Å². The Morgan fingerprint density at radius 2 is 2.21 bits per heavy atom. The van der Waals surface area contributed by atoms with E-state index >= 15 is 0 Å². The molecule has 3 heteroatoms. The second kappa shape index (κ2) is 2.85. The number of carboxylic acid groups (broad SMARTS) is 1. The first-order valence-corrected chi connectivity index (χ1v) is 4.40. The molecule has 1 aromatic rings. The zero-order chi connectivity index (χ0) is 10.2. The molecule has 1 N–H and O–H groups in total. The van der Waals surface area contributed by atoms with Crippen molar-refractivity contribution in [2.75, 3.05) is 0 Å². The lowest BCUT2D eigenvalue weighted by Crippen LogP contribution is -2.19. The average molecular weight is 187 g/mol. The van der Waals surface area contributed by atoms with Gasteiger partial charge in [0, 0.05) is 0 Å². The third-order valence-corrected chi connectivity index (χ3v) is 2.69. The van der Waals surface area contributed by atoms with Gasteiger partial charge in [-0.2, -0.15) is 0 Å². The van der Waals surface area contributed by atoms with Crippen LogP contribution in [-0.2, 0) is 10.2 Å². The third kappa shape index (κ3) is 1.16. The minimum Gasteiger partial charge on any atom is -0.481 e. The molecule has 0 amide bonds. The molecule has 0 bridgehead atoms. The van der Waals surface area contributed by atoms with E-state index in [-0.39, 0.29) is 0 Å². The fourth-order valence-corrected chi connectivity index (χ4v) is 1.62. The van der Waals surface area contributed by atoms with E-state index in [0.29, 0.717) is 18.5 Å². The maximum absolute atomic E-state index is 11.0. The van der Waals surface area contributed by atoms with E-state index in [1.165, 1.54) is 0 Å². The molecule has 1 aliphatic rings. The zero-order valence-corrected chi connectivity index (χ0v) is 7.53. The van der Waals surface area contributed by atoms with Crippen LogP contribution in [0, 0.1) is 6.57 Å². The SMILES string of the molecule is [C-]#[N+]c1cccc(C2(C(=O)O)CC2)c1. The molecule has 70 valence electrons. The first-order chi connectivity index (χ1) is 6.69. The van der Waals surface area contributed by atoms with Crippen LogP contribution in [0.25, 0.3) is 4.85 Å². The van der Waals surface area contributed by atoms with E-state index in [1.54, 1.807) is 24.3 Å². The van der Waals surface area contributed by atoms with Gasteiger partial charge in [0.1, 0.15) is 0 Å². The van der Waals surface area contributed by atoms with Gasteiger partial charge in [-0.15, -0.1) is 0 Å². The van der Waals surface area contributed by atoms with Crippen molar-refractivity contribution in [1.82, 2.24) is 0 Å². The van der Waals surface area contributed by atoms with Crippen molar-refractivity contribution >= 4 is 11.7 Å². The van der Waals surface area contributed by atoms with E-state index < -0.39 is 11.4 Å². The summed E-state index contributed by atoms with van der Waals surface area (Å²) in [6.45, 7) is 6.85. The van der Waals surface area contributed by atoms with Crippen molar-refractivity contribution in [2.45, 2.75) is 18.3 Å². The quantitative estimate of drug-likeness (QED) is 0.722. The molecule has 0 spiro atoms. The number of hydrogen-bond acceptors (Lipinski definition) is 1. The Labute approximate surface area is 81.8 Å². The summed E-state index contributed by atoms with van der Waals surface area (Å²) in [5, 5.41) is 9.04. The Bertz CT molecular complexity index is 427. The Morgan fingerprint density at radius 1 is 1.50 bits per heavy atom. The van der Waals surface area contributed by atoms with Gasteiger partial charge in [-0.1, -0.05) is 24.3 Å². The summed E-state index contributed by atoms with van der Waals surface area (Å²) in [5.74, 6) is -0.778. The van der Waals surface area contributed by atoms with Crippen LogP contribution in [0.5, 0.6) is 0 Å². The van der Waals surface area contributed by atoms with Gasteiger partial charge in [0.05, 0.1) is 12.0 Å². The van der Waals surface area contributed by atoms with Crippen molar-refractivity contribution in [1.29, 1.82) is 0 Å². The standard InChI is InChI=1S/C11H9NO2/c1-12-9-4-2-3-8(7-9)11(5-6-11)10(13)14/h2-4,7H,5-6H2,(H,13,14). The van der Waals surface area contributed by atoms with Crippen molar-refractivity contribution in [3.05, 3.63) is 41.2 Å².